The van der Waals surface area contributed by atoms with Gasteiger partial charge in [-0.05, 0) is 25.1 Å². The van der Waals surface area contributed by atoms with E-state index in [-0.39, 0.29) is 5.75 Å². The second kappa shape index (κ2) is 8.09. The third-order valence-corrected chi connectivity index (χ3v) is 4.17. The molecule has 0 fully saturated rings. The van der Waals surface area contributed by atoms with Gasteiger partial charge >= 0.3 is 0 Å². The van der Waals surface area contributed by atoms with Gasteiger partial charge in [0.25, 0.3) is 0 Å². The fourth-order valence-corrected chi connectivity index (χ4v) is 2.90. The van der Waals surface area contributed by atoms with E-state index in [2.05, 4.69) is 10.0 Å². The third-order valence-electron chi connectivity index (χ3n) is 2.80. The average molecular weight is 316 g/mol. The smallest absolute Gasteiger partial charge is 0.232 e. The molecule has 1 aromatic carbocycles. The number of benzene rings is 1. The molecule has 0 aliphatic rings. The van der Waals surface area contributed by atoms with Crippen molar-refractivity contribution in [3.8, 4) is 11.5 Å². The summed E-state index contributed by atoms with van der Waals surface area (Å²) in [6.45, 7) is 4.72. The Morgan fingerprint density at radius 2 is 1.81 bits per heavy atom. The van der Waals surface area contributed by atoms with Crippen molar-refractivity contribution in [2.24, 2.45) is 0 Å². The van der Waals surface area contributed by atoms with Crippen LogP contribution in [0.1, 0.15) is 20.3 Å². The largest absolute Gasteiger partial charge is 0.493 e. The summed E-state index contributed by atoms with van der Waals surface area (Å²) in [5.74, 6) is 1.11. The zero-order valence-electron chi connectivity index (χ0n) is 13.0. The van der Waals surface area contributed by atoms with Crippen molar-refractivity contribution in [2.45, 2.75) is 26.3 Å². The van der Waals surface area contributed by atoms with Crippen LogP contribution in [0.15, 0.2) is 18.2 Å². The van der Waals surface area contributed by atoms with E-state index >= 15 is 0 Å². The first-order valence-corrected chi connectivity index (χ1v) is 8.49. The number of anilines is 1. The Morgan fingerprint density at radius 1 is 1.14 bits per heavy atom. The minimum absolute atomic E-state index is 0.0705. The summed E-state index contributed by atoms with van der Waals surface area (Å²) in [4.78, 5) is 0. The van der Waals surface area contributed by atoms with Crippen LogP contribution < -0.4 is 19.5 Å². The van der Waals surface area contributed by atoms with Gasteiger partial charge in [-0.1, -0.05) is 13.8 Å². The van der Waals surface area contributed by atoms with Crippen molar-refractivity contribution >= 4 is 15.7 Å². The molecule has 0 atom stereocenters. The second-order valence-electron chi connectivity index (χ2n) is 4.95. The summed E-state index contributed by atoms with van der Waals surface area (Å²) in [5.41, 5.74) is 0.462. The summed E-state index contributed by atoms with van der Waals surface area (Å²) in [5, 5.41) is 3.19. The molecule has 0 bridgehead atoms. The highest BCUT2D eigenvalue weighted by Gasteiger charge is 2.12. The minimum Gasteiger partial charge on any atom is -0.493 e. The molecule has 0 spiro atoms. The van der Waals surface area contributed by atoms with Crippen LogP contribution in [0.2, 0.25) is 0 Å². The standard InChI is InChI=1S/C14H24N2O4S/c1-11(2)15-8-5-9-21(17,18)16-12-6-7-13(19-3)14(10-12)20-4/h6-7,10-11,15-16H,5,8-9H2,1-4H3. The van der Waals surface area contributed by atoms with E-state index in [0.29, 0.717) is 36.2 Å². The Hall–Kier alpha value is -1.47. The first kappa shape index (κ1) is 17.6. The first-order valence-electron chi connectivity index (χ1n) is 6.84. The number of hydrogen-bond acceptors (Lipinski definition) is 5. The summed E-state index contributed by atoms with van der Waals surface area (Å²) >= 11 is 0. The number of hydrogen-bond donors (Lipinski definition) is 2. The van der Waals surface area contributed by atoms with Gasteiger partial charge in [-0.3, -0.25) is 4.72 Å². The van der Waals surface area contributed by atoms with E-state index in [4.69, 9.17) is 9.47 Å². The van der Waals surface area contributed by atoms with Crippen LogP contribution in [0.4, 0.5) is 5.69 Å². The van der Waals surface area contributed by atoms with Gasteiger partial charge in [0.15, 0.2) is 11.5 Å². The van der Waals surface area contributed by atoms with Gasteiger partial charge in [-0.2, -0.15) is 0 Å². The summed E-state index contributed by atoms with van der Waals surface area (Å²) in [7, 11) is -0.325. The van der Waals surface area contributed by atoms with Crippen molar-refractivity contribution in [3.63, 3.8) is 0 Å². The molecule has 0 aromatic heterocycles. The molecule has 0 heterocycles. The van der Waals surface area contributed by atoms with Crippen LogP contribution in [0.25, 0.3) is 0 Å². The lowest BCUT2D eigenvalue weighted by atomic mass is 10.3. The number of nitrogens with one attached hydrogen (secondary N) is 2. The van der Waals surface area contributed by atoms with Crippen LogP contribution in [-0.2, 0) is 10.0 Å². The Labute approximate surface area is 126 Å². The van der Waals surface area contributed by atoms with Crippen molar-refractivity contribution in [1.29, 1.82) is 0 Å². The Kier molecular flexibility index (Phi) is 6.77. The predicted octanol–water partition coefficient (Wildman–Crippen LogP) is 1.83. The first-order chi connectivity index (χ1) is 9.88. The van der Waals surface area contributed by atoms with Gasteiger partial charge in [0.05, 0.1) is 25.7 Å². The summed E-state index contributed by atoms with van der Waals surface area (Å²) < 4.78 is 36.8. The highest BCUT2D eigenvalue weighted by atomic mass is 32.2. The molecule has 21 heavy (non-hydrogen) atoms. The lowest BCUT2D eigenvalue weighted by Gasteiger charge is -2.12. The summed E-state index contributed by atoms with van der Waals surface area (Å²) in [6, 6.07) is 5.26. The molecule has 120 valence electrons. The lowest BCUT2D eigenvalue weighted by Crippen LogP contribution is -2.26. The summed E-state index contributed by atoms with van der Waals surface area (Å²) in [6.07, 6.45) is 0.556. The molecule has 7 heteroatoms. The molecule has 0 unspecified atom stereocenters. The zero-order chi connectivity index (χ0) is 15.9. The number of rotatable bonds is 9. The predicted molar refractivity (Wildman–Crippen MR) is 84.7 cm³/mol. The normalized spacial score (nSPS) is 11.5. The van der Waals surface area contributed by atoms with Crippen LogP contribution >= 0.6 is 0 Å². The molecular weight excluding hydrogens is 292 g/mol. The van der Waals surface area contributed by atoms with E-state index in [0.717, 1.165) is 0 Å². The van der Waals surface area contributed by atoms with Crippen LogP contribution in [-0.4, -0.2) is 41.0 Å². The van der Waals surface area contributed by atoms with Gasteiger partial charge in [0, 0.05) is 12.1 Å². The zero-order valence-corrected chi connectivity index (χ0v) is 13.8. The van der Waals surface area contributed by atoms with Crippen molar-refractivity contribution in [2.75, 3.05) is 31.2 Å². The van der Waals surface area contributed by atoms with E-state index in [1.807, 2.05) is 13.8 Å². The van der Waals surface area contributed by atoms with E-state index < -0.39 is 10.0 Å². The molecule has 0 saturated carbocycles. The van der Waals surface area contributed by atoms with E-state index in [9.17, 15) is 8.42 Å². The Balaban J connectivity index is 2.62. The Morgan fingerprint density at radius 3 is 2.38 bits per heavy atom. The van der Waals surface area contributed by atoms with Crippen molar-refractivity contribution in [1.82, 2.24) is 5.32 Å². The SMILES string of the molecule is COc1ccc(NS(=O)(=O)CCCNC(C)C)cc1OC. The molecule has 0 aliphatic carbocycles. The van der Waals surface area contributed by atoms with Gasteiger partial charge < -0.3 is 14.8 Å². The monoisotopic (exact) mass is 316 g/mol. The molecule has 2 N–H and O–H groups in total. The maximum Gasteiger partial charge on any atom is 0.232 e. The minimum atomic E-state index is -3.36. The fraction of sp³-hybridized carbons (Fsp3) is 0.571. The van der Waals surface area contributed by atoms with Crippen LogP contribution in [0, 0.1) is 0 Å². The Bertz CT molecular complexity index is 544. The molecule has 0 aliphatic heterocycles. The van der Waals surface area contributed by atoms with Gasteiger partial charge in [-0.15, -0.1) is 0 Å². The molecule has 1 aromatic rings. The molecule has 0 amide bonds. The second-order valence-corrected chi connectivity index (χ2v) is 6.79. The topological polar surface area (TPSA) is 76.7 Å². The highest BCUT2D eigenvalue weighted by Crippen LogP contribution is 2.30. The number of sulfonamides is 1. The fourth-order valence-electron chi connectivity index (χ4n) is 1.78. The van der Waals surface area contributed by atoms with E-state index in [1.165, 1.54) is 14.2 Å². The molecule has 1 rings (SSSR count). The van der Waals surface area contributed by atoms with Crippen LogP contribution in [0.5, 0.6) is 11.5 Å². The molecule has 0 saturated heterocycles. The maximum atomic E-state index is 12.0. The molecule has 0 radical (unpaired) electrons. The van der Waals surface area contributed by atoms with E-state index in [1.54, 1.807) is 18.2 Å². The van der Waals surface area contributed by atoms with Gasteiger partial charge in [0.1, 0.15) is 0 Å². The number of methoxy groups -OCH3 is 2. The highest BCUT2D eigenvalue weighted by molar-refractivity contribution is 7.92. The van der Waals surface area contributed by atoms with Gasteiger partial charge in [0.2, 0.25) is 10.0 Å². The molecular formula is C14H24N2O4S. The third kappa shape index (κ3) is 6.22. The average Bonchev–Trinajstić information content (AvgIpc) is 2.43. The maximum absolute atomic E-state index is 12.0. The quantitative estimate of drug-likeness (QED) is 0.680. The van der Waals surface area contributed by atoms with Crippen molar-refractivity contribution in [3.05, 3.63) is 18.2 Å². The van der Waals surface area contributed by atoms with Crippen molar-refractivity contribution < 1.29 is 17.9 Å². The van der Waals surface area contributed by atoms with Crippen LogP contribution in [0.3, 0.4) is 0 Å². The lowest BCUT2D eigenvalue weighted by molar-refractivity contribution is 0.355. The van der Waals surface area contributed by atoms with Gasteiger partial charge in [-0.25, -0.2) is 8.42 Å². The molecule has 6 nitrogen and oxygen atoms in total. The number of ether oxygens (including phenoxy) is 2.